The van der Waals surface area contributed by atoms with Crippen LogP contribution in [0.5, 0.6) is 23.0 Å². The summed E-state index contributed by atoms with van der Waals surface area (Å²) in [6.07, 6.45) is 0.420. The number of fused-ring (bicyclic) bond motifs is 1. The van der Waals surface area contributed by atoms with Gasteiger partial charge in [-0.1, -0.05) is 0 Å². The van der Waals surface area contributed by atoms with Crippen LogP contribution >= 0.6 is 0 Å². The molecule has 1 fully saturated rings. The van der Waals surface area contributed by atoms with Crippen molar-refractivity contribution in [2.45, 2.75) is 19.4 Å². The summed E-state index contributed by atoms with van der Waals surface area (Å²) >= 11 is 0. The monoisotopic (exact) mass is 566 g/mol. The van der Waals surface area contributed by atoms with Crippen LogP contribution < -0.4 is 24.3 Å². The highest BCUT2D eigenvalue weighted by Crippen LogP contribution is 2.36. The van der Waals surface area contributed by atoms with Gasteiger partial charge in [-0.2, -0.15) is 5.10 Å². The van der Waals surface area contributed by atoms with Crippen molar-refractivity contribution in [3.63, 3.8) is 0 Å². The highest BCUT2D eigenvalue weighted by molar-refractivity contribution is 7.91. The van der Waals surface area contributed by atoms with Crippen molar-refractivity contribution in [2.75, 3.05) is 45.3 Å². The molecule has 0 spiro atoms. The van der Waals surface area contributed by atoms with Gasteiger partial charge in [0, 0.05) is 11.6 Å². The molecule has 4 aromatic rings. The summed E-state index contributed by atoms with van der Waals surface area (Å²) in [5.74, 6) is 1.69. The van der Waals surface area contributed by atoms with Gasteiger partial charge >= 0.3 is 0 Å². The zero-order valence-corrected chi connectivity index (χ0v) is 23.7. The second-order valence-corrected chi connectivity index (χ2v) is 11.7. The number of rotatable bonds is 8. The Hall–Kier alpha value is -4.32. The number of hydrogen-bond donors (Lipinski definition) is 1. The smallest absolute Gasteiger partial charge is 0.256 e. The van der Waals surface area contributed by atoms with Crippen LogP contribution in [0.25, 0.3) is 22.3 Å². The molecule has 1 aliphatic heterocycles. The Kier molecular flexibility index (Phi) is 7.28. The van der Waals surface area contributed by atoms with Crippen molar-refractivity contribution < 1.29 is 32.2 Å². The van der Waals surface area contributed by atoms with Crippen LogP contribution in [-0.2, 0) is 9.84 Å². The number of benzene rings is 2. The number of ether oxygens (including phenoxy) is 4. The second kappa shape index (κ2) is 10.7. The van der Waals surface area contributed by atoms with Crippen LogP contribution in [0, 0.1) is 6.92 Å². The van der Waals surface area contributed by atoms with E-state index in [4.69, 9.17) is 23.9 Å². The number of methoxy groups -OCH3 is 4. The number of aryl methyl sites for hydroxylation is 1. The molecule has 5 rings (SSSR count). The Labute approximate surface area is 231 Å². The number of nitrogens with one attached hydrogen (secondary N) is 1. The SMILES string of the molecule is COc1ccc(OC)c(NC(=O)c2cc(-c3ccc(OC)c(OC)c3)nc3c2c(C)nn3C2CCS(=O)(=O)C2)c1. The maximum absolute atomic E-state index is 13.9. The van der Waals surface area contributed by atoms with E-state index in [0.29, 0.717) is 68.7 Å². The van der Waals surface area contributed by atoms with Crippen molar-refractivity contribution in [1.82, 2.24) is 14.8 Å². The lowest BCUT2D eigenvalue weighted by molar-refractivity contribution is 0.102. The maximum atomic E-state index is 13.9. The van der Waals surface area contributed by atoms with Gasteiger partial charge in [-0.3, -0.25) is 4.79 Å². The van der Waals surface area contributed by atoms with E-state index in [1.807, 2.05) is 6.07 Å². The van der Waals surface area contributed by atoms with Gasteiger partial charge in [0.2, 0.25) is 0 Å². The van der Waals surface area contributed by atoms with Crippen molar-refractivity contribution in [2.24, 2.45) is 0 Å². The largest absolute Gasteiger partial charge is 0.497 e. The maximum Gasteiger partial charge on any atom is 0.256 e. The normalized spacial score (nSPS) is 16.1. The van der Waals surface area contributed by atoms with Gasteiger partial charge in [0.25, 0.3) is 5.91 Å². The first kappa shape index (κ1) is 27.3. The zero-order valence-electron chi connectivity index (χ0n) is 22.8. The lowest BCUT2D eigenvalue weighted by atomic mass is 10.0. The molecule has 1 N–H and O–H groups in total. The number of carbonyl (C=O) groups is 1. The minimum atomic E-state index is -3.19. The van der Waals surface area contributed by atoms with Gasteiger partial charge in [-0.05, 0) is 49.7 Å². The average molecular weight is 567 g/mol. The standard InChI is InChI=1S/C28H30N4O7S/c1-16-26-20(28(33)30-22-13-19(36-2)7-9-23(22)37-3)14-21(17-6-8-24(38-4)25(12-17)39-5)29-27(26)32(31-16)18-10-11-40(34,35)15-18/h6-9,12-14,18H,10-11,15H2,1-5H3,(H,30,33). The molecule has 40 heavy (non-hydrogen) atoms. The molecule has 1 atom stereocenters. The molecule has 1 aliphatic rings. The molecule has 3 heterocycles. The first-order chi connectivity index (χ1) is 19.2. The second-order valence-electron chi connectivity index (χ2n) is 9.43. The summed E-state index contributed by atoms with van der Waals surface area (Å²) in [5, 5.41) is 8.13. The summed E-state index contributed by atoms with van der Waals surface area (Å²) in [6, 6.07) is 11.8. The third kappa shape index (κ3) is 5.02. The van der Waals surface area contributed by atoms with Crippen molar-refractivity contribution in [3.05, 3.63) is 53.7 Å². The highest BCUT2D eigenvalue weighted by Gasteiger charge is 2.32. The molecule has 1 saturated heterocycles. The van der Waals surface area contributed by atoms with E-state index in [-0.39, 0.29) is 17.5 Å². The molecule has 2 aromatic heterocycles. The van der Waals surface area contributed by atoms with Gasteiger partial charge in [-0.25, -0.2) is 18.1 Å². The third-order valence-electron chi connectivity index (χ3n) is 6.97. The number of amides is 1. The number of sulfone groups is 1. The summed E-state index contributed by atoms with van der Waals surface area (Å²) in [4.78, 5) is 18.8. The van der Waals surface area contributed by atoms with E-state index in [2.05, 4.69) is 10.4 Å². The molecule has 2 aromatic carbocycles. The van der Waals surface area contributed by atoms with Crippen LogP contribution in [0.15, 0.2) is 42.5 Å². The van der Waals surface area contributed by atoms with Crippen molar-refractivity contribution in [1.29, 1.82) is 0 Å². The molecule has 0 saturated carbocycles. The van der Waals surface area contributed by atoms with E-state index in [1.54, 1.807) is 55.1 Å². The van der Waals surface area contributed by atoms with Crippen molar-refractivity contribution in [3.8, 4) is 34.3 Å². The topological polar surface area (TPSA) is 131 Å². The Bertz CT molecular complexity index is 1720. The first-order valence-corrected chi connectivity index (χ1v) is 14.4. The van der Waals surface area contributed by atoms with Gasteiger partial charge in [0.15, 0.2) is 27.0 Å². The zero-order chi connectivity index (χ0) is 28.6. The molecule has 1 amide bonds. The van der Waals surface area contributed by atoms with Gasteiger partial charge in [-0.15, -0.1) is 0 Å². The number of pyridine rings is 1. The average Bonchev–Trinajstić information content (AvgIpc) is 3.50. The molecule has 1 unspecified atom stereocenters. The predicted octanol–water partition coefficient (Wildman–Crippen LogP) is 4.05. The number of aromatic nitrogens is 3. The summed E-state index contributed by atoms with van der Waals surface area (Å²) in [5.41, 5.74) is 2.90. The number of hydrogen-bond acceptors (Lipinski definition) is 9. The van der Waals surface area contributed by atoms with Crippen LogP contribution in [0.1, 0.15) is 28.5 Å². The van der Waals surface area contributed by atoms with Crippen LogP contribution in [-0.4, -0.2) is 69.0 Å². The third-order valence-corrected chi connectivity index (χ3v) is 8.72. The Morgan fingerprint density at radius 1 is 0.950 bits per heavy atom. The molecular weight excluding hydrogens is 536 g/mol. The predicted molar refractivity (Wildman–Crippen MR) is 151 cm³/mol. The van der Waals surface area contributed by atoms with E-state index in [9.17, 15) is 13.2 Å². The Balaban J connectivity index is 1.69. The fourth-order valence-corrected chi connectivity index (χ4v) is 6.65. The molecule has 0 bridgehead atoms. The van der Waals surface area contributed by atoms with Crippen LogP contribution in [0.4, 0.5) is 5.69 Å². The van der Waals surface area contributed by atoms with E-state index in [1.165, 1.54) is 21.3 Å². The summed E-state index contributed by atoms with van der Waals surface area (Å²) in [7, 11) is 2.95. The molecule has 210 valence electrons. The highest BCUT2D eigenvalue weighted by atomic mass is 32.2. The van der Waals surface area contributed by atoms with Gasteiger partial charge in [0.05, 0.1) is 74.0 Å². The number of carbonyl (C=O) groups excluding carboxylic acids is 1. The van der Waals surface area contributed by atoms with E-state index >= 15 is 0 Å². The van der Waals surface area contributed by atoms with Gasteiger partial charge < -0.3 is 24.3 Å². The summed E-state index contributed by atoms with van der Waals surface area (Å²) < 4.78 is 47.8. The minimum Gasteiger partial charge on any atom is -0.497 e. The Morgan fingerprint density at radius 2 is 1.68 bits per heavy atom. The molecule has 11 nitrogen and oxygen atoms in total. The van der Waals surface area contributed by atoms with Crippen molar-refractivity contribution >= 4 is 32.5 Å². The van der Waals surface area contributed by atoms with Crippen LogP contribution in [0.3, 0.4) is 0 Å². The van der Waals surface area contributed by atoms with E-state index in [0.717, 1.165) is 0 Å². The minimum absolute atomic E-state index is 0.0337. The molecule has 0 aliphatic carbocycles. The molecule has 0 radical (unpaired) electrons. The first-order valence-electron chi connectivity index (χ1n) is 12.5. The lowest BCUT2D eigenvalue weighted by Gasteiger charge is -2.15. The van der Waals surface area contributed by atoms with Gasteiger partial charge in [0.1, 0.15) is 11.5 Å². The number of nitrogens with zero attached hydrogens (tertiary/aromatic N) is 3. The molecule has 12 heteroatoms. The Morgan fingerprint density at radius 3 is 2.33 bits per heavy atom. The lowest BCUT2D eigenvalue weighted by Crippen LogP contribution is -2.15. The fraction of sp³-hybridized carbons (Fsp3) is 0.321. The fourth-order valence-electron chi connectivity index (χ4n) is 4.96. The number of anilines is 1. The van der Waals surface area contributed by atoms with E-state index < -0.39 is 15.7 Å². The summed E-state index contributed by atoms with van der Waals surface area (Å²) in [6.45, 7) is 1.78. The molecular formula is C28H30N4O7S. The van der Waals surface area contributed by atoms with Crippen LogP contribution in [0.2, 0.25) is 0 Å². The quantitative estimate of drug-likeness (QED) is 0.336.